The molecule has 0 bridgehead atoms. The highest BCUT2D eigenvalue weighted by atomic mass is 16.5. The number of benzene rings is 1. The van der Waals surface area contributed by atoms with Crippen LogP contribution >= 0.6 is 0 Å². The van der Waals surface area contributed by atoms with Crippen LogP contribution in [0.2, 0.25) is 0 Å². The lowest BCUT2D eigenvalue weighted by Crippen LogP contribution is -2.06. The average Bonchev–Trinajstić information content (AvgIpc) is 2.89. The van der Waals surface area contributed by atoms with Crippen LogP contribution in [0.4, 0.5) is 5.69 Å². The van der Waals surface area contributed by atoms with Crippen molar-refractivity contribution in [3.8, 4) is 17.0 Å². The topological polar surface area (TPSA) is 55.6 Å². The lowest BCUT2D eigenvalue weighted by atomic mass is 10.1. The molecule has 0 unspecified atom stereocenters. The summed E-state index contributed by atoms with van der Waals surface area (Å²) in [6, 6.07) is 11.3. The predicted molar refractivity (Wildman–Crippen MR) is 81.5 cm³/mol. The van der Waals surface area contributed by atoms with Gasteiger partial charge in [-0.25, -0.2) is 4.98 Å². The molecule has 1 aromatic carbocycles. The number of rotatable bonds is 3. The molecule has 2 heterocycles. The Hall–Kier alpha value is -2.82. The number of fused-ring (bicyclic) bond motifs is 1. The average molecular weight is 281 g/mol. The zero-order valence-corrected chi connectivity index (χ0v) is 11.8. The van der Waals surface area contributed by atoms with Crippen LogP contribution in [0.5, 0.6) is 5.75 Å². The monoisotopic (exact) mass is 281 g/mol. The number of hydrogen-bond acceptors (Lipinski definition) is 3. The van der Waals surface area contributed by atoms with Gasteiger partial charge in [0.15, 0.2) is 0 Å². The first-order valence-electron chi connectivity index (χ1n) is 6.57. The Morgan fingerprint density at radius 2 is 2.10 bits per heavy atom. The second kappa shape index (κ2) is 5.28. The van der Waals surface area contributed by atoms with E-state index in [0.29, 0.717) is 0 Å². The molecule has 1 amide bonds. The zero-order valence-electron chi connectivity index (χ0n) is 11.8. The molecule has 0 aliphatic rings. The molecule has 5 nitrogen and oxygen atoms in total. The first kappa shape index (κ1) is 13.2. The maximum Gasteiger partial charge on any atom is 0.221 e. The third-order valence-corrected chi connectivity index (χ3v) is 3.18. The van der Waals surface area contributed by atoms with Gasteiger partial charge in [-0.3, -0.25) is 4.79 Å². The molecule has 3 aromatic rings. The molecule has 5 heteroatoms. The van der Waals surface area contributed by atoms with Crippen molar-refractivity contribution in [1.29, 1.82) is 0 Å². The van der Waals surface area contributed by atoms with Crippen molar-refractivity contribution in [1.82, 2.24) is 9.38 Å². The second-order valence-electron chi connectivity index (χ2n) is 4.68. The summed E-state index contributed by atoms with van der Waals surface area (Å²) >= 11 is 0. The van der Waals surface area contributed by atoms with Gasteiger partial charge in [0.1, 0.15) is 11.4 Å². The maximum absolute atomic E-state index is 11.3. The van der Waals surface area contributed by atoms with Crippen molar-refractivity contribution in [3.05, 3.63) is 48.8 Å². The number of pyridine rings is 1. The Labute approximate surface area is 122 Å². The maximum atomic E-state index is 11.3. The van der Waals surface area contributed by atoms with Gasteiger partial charge in [0.2, 0.25) is 5.91 Å². The number of methoxy groups -OCH3 is 1. The molecule has 0 saturated carbocycles. The fraction of sp³-hybridized carbons (Fsp3) is 0.125. The number of para-hydroxylation sites is 1. The highest BCUT2D eigenvalue weighted by molar-refractivity contribution is 5.93. The molecule has 0 spiro atoms. The number of anilines is 1. The lowest BCUT2D eigenvalue weighted by molar-refractivity contribution is -0.114. The van der Waals surface area contributed by atoms with Gasteiger partial charge >= 0.3 is 0 Å². The molecule has 106 valence electrons. The summed E-state index contributed by atoms with van der Waals surface area (Å²) in [6.45, 7) is 1.49. The van der Waals surface area contributed by atoms with Crippen molar-refractivity contribution < 1.29 is 9.53 Å². The molecule has 1 N–H and O–H groups in total. The normalized spacial score (nSPS) is 10.6. The molecule has 2 aromatic heterocycles. The van der Waals surface area contributed by atoms with Crippen LogP contribution in [0.25, 0.3) is 16.9 Å². The highest BCUT2D eigenvalue weighted by Crippen LogP contribution is 2.28. The van der Waals surface area contributed by atoms with E-state index in [0.717, 1.165) is 28.3 Å². The van der Waals surface area contributed by atoms with Gasteiger partial charge in [-0.2, -0.15) is 0 Å². The van der Waals surface area contributed by atoms with Crippen LogP contribution in [0, 0.1) is 0 Å². The number of imidazole rings is 1. The van der Waals surface area contributed by atoms with Gasteiger partial charge in [0, 0.05) is 30.9 Å². The molecule has 0 radical (unpaired) electrons. The number of carbonyl (C=O) groups is 1. The second-order valence-corrected chi connectivity index (χ2v) is 4.68. The summed E-state index contributed by atoms with van der Waals surface area (Å²) in [5.74, 6) is 0.655. The predicted octanol–water partition coefficient (Wildman–Crippen LogP) is 2.97. The lowest BCUT2D eigenvalue weighted by Gasteiger charge is -2.06. The number of ether oxygens (including phenoxy) is 1. The van der Waals surface area contributed by atoms with Crippen LogP contribution < -0.4 is 10.1 Å². The molecule has 0 fully saturated rings. The van der Waals surface area contributed by atoms with Gasteiger partial charge in [-0.1, -0.05) is 18.2 Å². The molecule has 0 aliphatic carbocycles. The van der Waals surface area contributed by atoms with Crippen LogP contribution in [0.15, 0.2) is 48.8 Å². The number of carbonyl (C=O) groups excluding carboxylic acids is 1. The van der Waals surface area contributed by atoms with E-state index < -0.39 is 0 Å². The third kappa shape index (κ3) is 2.58. The SMILES string of the molecule is COc1ccn2cc(-c3ccccc3NC(C)=O)nc2c1. The molecule has 0 atom stereocenters. The summed E-state index contributed by atoms with van der Waals surface area (Å²) in [4.78, 5) is 15.9. The van der Waals surface area contributed by atoms with Gasteiger partial charge in [0.05, 0.1) is 18.5 Å². The van der Waals surface area contributed by atoms with Gasteiger partial charge in [-0.05, 0) is 12.1 Å². The summed E-state index contributed by atoms with van der Waals surface area (Å²) in [6.07, 6.45) is 3.82. The fourth-order valence-corrected chi connectivity index (χ4v) is 2.23. The number of aromatic nitrogens is 2. The summed E-state index contributed by atoms with van der Waals surface area (Å²) in [7, 11) is 1.63. The Balaban J connectivity index is 2.10. The Kier molecular flexibility index (Phi) is 3.31. The van der Waals surface area contributed by atoms with Crippen LogP contribution in [0.1, 0.15) is 6.92 Å². The largest absolute Gasteiger partial charge is 0.497 e. The quantitative estimate of drug-likeness (QED) is 0.803. The Morgan fingerprint density at radius 1 is 1.29 bits per heavy atom. The third-order valence-electron chi connectivity index (χ3n) is 3.18. The van der Waals surface area contributed by atoms with Crippen LogP contribution in [-0.2, 0) is 4.79 Å². The minimum Gasteiger partial charge on any atom is -0.497 e. The zero-order chi connectivity index (χ0) is 14.8. The van der Waals surface area contributed by atoms with E-state index in [-0.39, 0.29) is 5.91 Å². The molecular formula is C16H15N3O2. The van der Waals surface area contributed by atoms with Gasteiger partial charge < -0.3 is 14.5 Å². The van der Waals surface area contributed by atoms with Crippen molar-refractivity contribution in [2.24, 2.45) is 0 Å². The van der Waals surface area contributed by atoms with Crippen LogP contribution in [-0.4, -0.2) is 22.4 Å². The number of nitrogens with one attached hydrogen (secondary N) is 1. The first-order chi connectivity index (χ1) is 10.2. The summed E-state index contributed by atoms with van der Waals surface area (Å²) in [5, 5.41) is 2.83. The van der Waals surface area contributed by atoms with E-state index in [1.54, 1.807) is 7.11 Å². The minimum atomic E-state index is -0.104. The minimum absolute atomic E-state index is 0.104. The molecule has 0 saturated heterocycles. The Morgan fingerprint density at radius 3 is 2.86 bits per heavy atom. The summed E-state index contributed by atoms with van der Waals surface area (Å²) in [5.41, 5.74) is 3.23. The van der Waals surface area contributed by atoms with Crippen molar-refractivity contribution >= 4 is 17.2 Å². The van der Waals surface area contributed by atoms with Gasteiger partial charge in [-0.15, -0.1) is 0 Å². The molecule has 3 rings (SSSR count). The van der Waals surface area contributed by atoms with Crippen molar-refractivity contribution in [2.75, 3.05) is 12.4 Å². The van der Waals surface area contributed by atoms with E-state index in [4.69, 9.17) is 4.74 Å². The molecular weight excluding hydrogens is 266 g/mol. The Bertz CT molecular complexity index is 808. The van der Waals surface area contributed by atoms with E-state index in [2.05, 4.69) is 10.3 Å². The van der Waals surface area contributed by atoms with E-state index in [1.165, 1.54) is 6.92 Å². The smallest absolute Gasteiger partial charge is 0.221 e. The molecule has 0 aliphatic heterocycles. The standard InChI is InChI=1S/C16H15N3O2/c1-11(20)17-14-6-4-3-5-13(14)15-10-19-8-7-12(21-2)9-16(19)18-15/h3-10H,1-2H3,(H,17,20). The fourth-order valence-electron chi connectivity index (χ4n) is 2.23. The van der Waals surface area contributed by atoms with Gasteiger partial charge in [0.25, 0.3) is 0 Å². The number of amides is 1. The highest BCUT2D eigenvalue weighted by Gasteiger charge is 2.10. The van der Waals surface area contributed by atoms with Crippen molar-refractivity contribution in [2.45, 2.75) is 6.92 Å². The molecule has 21 heavy (non-hydrogen) atoms. The number of nitrogens with zero attached hydrogens (tertiary/aromatic N) is 2. The number of hydrogen-bond donors (Lipinski definition) is 1. The summed E-state index contributed by atoms with van der Waals surface area (Å²) < 4.78 is 7.12. The van der Waals surface area contributed by atoms with E-state index in [1.807, 2.05) is 53.2 Å². The van der Waals surface area contributed by atoms with Crippen LogP contribution in [0.3, 0.4) is 0 Å². The van der Waals surface area contributed by atoms with E-state index in [9.17, 15) is 4.79 Å². The first-order valence-corrected chi connectivity index (χ1v) is 6.57. The van der Waals surface area contributed by atoms with E-state index >= 15 is 0 Å². The van der Waals surface area contributed by atoms with Crippen molar-refractivity contribution in [3.63, 3.8) is 0 Å².